The summed E-state index contributed by atoms with van der Waals surface area (Å²) >= 11 is 0. The summed E-state index contributed by atoms with van der Waals surface area (Å²) < 4.78 is 32.5. The average Bonchev–Trinajstić information content (AvgIpc) is 3.04. The fourth-order valence-corrected chi connectivity index (χ4v) is 3.11. The highest BCUT2D eigenvalue weighted by molar-refractivity contribution is 6.14. The molecular weight excluding hydrogens is 416 g/mol. The van der Waals surface area contributed by atoms with Crippen molar-refractivity contribution in [3.63, 3.8) is 0 Å². The minimum Gasteiger partial charge on any atom is -0.493 e. The predicted octanol–water partition coefficient (Wildman–Crippen LogP) is 4.05. The van der Waals surface area contributed by atoms with Crippen molar-refractivity contribution < 1.29 is 38.0 Å². The van der Waals surface area contributed by atoms with Crippen LogP contribution in [0.25, 0.3) is 6.08 Å². The van der Waals surface area contributed by atoms with Crippen LogP contribution >= 0.6 is 0 Å². The quantitative estimate of drug-likeness (QED) is 0.469. The summed E-state index contributed by atoms with van der Waals surface area (Å²) in [5.41, 5.74) is 0.436. The Labute approximate surface area is 186 Å². The summed E-state index contributed by atoms with van der Waals surface area (Å²) in [6.45, 7) is 5.09. The first-order valence-electron chi connectivity index (χ1n) is 9.88. The molecule has 0 unspecified atom stereocenters. The van der Waals surface area contributed by atoms with Gasteiger partial charge in [-0.15, -0.1) is 0 Å². The van der Waals surface area contributed by atoms with Gasteiger partial charge in [0.15, 0.2) is 23.9 Å². The molecule has 1 heterocycles. The fourth-order valence-electron chi connectivity index (χ4n) is 3.11. The van der Waals surface area contributed by atoms with Gasteiger partial charge in [-0.3, -0.25) is 4.79 Å². The second-order valence-electron chi connectivity index (χ2n) is 7.93. The van der Waals surface area contributed by atoms with Gasteiger partial charge in [0.1, 0.15) is 17.1 Å². The number of ether oxygens (including phenoxy) is 6. The normalized spacial score (nSPS) is 13.9. The maximum absolute atomic E-state index is 12.8. The summed E-state index contributed by atoms with van der Waals surface area (Å²) in [5, 5.41) is 0. The molecule has 2 aromatic rings. The van der Waals surface area contributed by atoms with Gasteiger partial charge in [-0.25, -0.2) is 4.79 Å². The fraction of sp³-hybridized carbons (Fsp3) is 0.333. The van der Waals surface area contributed by atoms with Crippen LogP contribution in [0.3, 0.4) is 0 Å². The van der Waals surface area contributed by atoms with Gasteiger partial charge in [-0.05, 0) is 56.7 Å². The molecule has 0 bridgehead atoms. The molecular formula is C24H26O8. The van der Waals surface area contributed by atoms with E-state index in [-0.39, 0.29) is 18.1 Å². The molecule has 2 aromatic carbocycles. The van der Waals surface area contributed by atoms with Gasteiger partial charge in [0.25, 0.3) is 0 Å². The van der Waals surface area contributed by atoms with E-state index in [0.717, 1.165) is 0 Å². The predicted molar refractivity (Wildman–Crippen MR) is 117 cm³/mol. The number of carbonyl (C=O) groups is 2. The third-order valence-electron chi connectivity index (χ3n) is 4.40. The first-order valence-corrected chi connectivity index (χ1v) is 9.88. The Balaban J connectivity index is 1.79. The number of allylic oxidation sites excluding steroid dienone is 1. The lowest BCUT2D eigenvalue weighted by atomic mass is 10.1. The molecule has 0 amide bonds. The first-order chi connectivity index (χ1) is 15.1. The van der Waals surface area contributed by atoms with Crippen molar-refractivity contribution in [1.29, 1.82) is 0 Å². The van der Waals surface area contributed by atoms with E-state index < -0.39 is 11.6 Å². The summed E-state index contributed by atoms with van der Waals surface area (Å²) in [7, 11) is 4.54. The Hall–Kier alpha value is -3.68. The second-order valence-corrected chi connectivity index (χ2v) is 7.93. The molecule has 3 rings (SSSR count). The van der Waals surface area contributed by atoms with E-state index in [4.69, 9.17) is 28.4 Å². The third kappa shape index (κ3) is 5.14. The van der Waals surface area contributed by atoms with Gasteiger partial charge < -0.3 is 28.4 Å². The van der Waals surface area contributed by atoms with Crippen LogP contribution in [-0.2, 0) is 9.53 Å². The molecule has 1 aliphatic heterocycles. The van der Waals surface area contributed by atoms with Gasteiger partial charge in [0, 0.05) is 6.07 Å². The standard InChI is InChI=1S/C24H26O8/c1-24(2,3)32-21(25)13-30-15-7-8-16-17(12-15)31-18(22(16)26)9-14-10-19(27-4)23(29-6)20(11-14)28-5/h7-12H,13H2,1-6H3/b18-9-. The van der Waals surface area contributed by atoms with Gasteiger partial charge in [-0.1, -0.05) is 0 Å². The van der Waals surface area contributed by atoms with Crippen molar-refractivity contribution in [3.05, 3.63) is 47.2 Å². The van der Waals surface area contributed by atoms with Crippen LogP contribution < -0.4 is 23.7 Å². The van der Waals surface area contributed by atoms with Crippen LogP contribution in [-0.4, -0.2) is 45.3 Å². The molecule has 0 fully saturated rings. The number of fused-ring (bicyclic) bond motifs is 1. The van der Waals surface area contributed by atoms with Crippen LogP contribution in [0.4, 0.5) is 0 Å². The zero-order valence-corrected chi connectivity index (χ0v) is 18.9. The molecule has 170 valence electrons. The van der Waals surface area contributed by atoms with Crippen LogP contribution in [0.1, 0.15) is 36.7 Å². The highest BCUT2D eigenvalue weighted by atomic mass is 16.6. The molecule has 1 aliphatic rings. The smallest absolute Gasteiger partial charge is 0.344 e. The lowest BCUT2D eigenvalue weighted by Crippen LogP contribution is -2.27. The number of hydrogen-bond acceptors (Lipinski definition) is 8. The molecule has 0 aromatic heterocycles. The molecule has 0 saturated heterocycles. The largest absolute Gasteiger partial charge is 0.493 e. The van der Waals surface area contributed by atoms with Crippen molar-refractivity contribution in [3.8, 4) is 28.7 Å². The van der Waals surface area contributed by atoms with E-state index in [2.05, 4.69) is 0 Å². The first kappa shape index (κ1) is 23.0. The maximum Gasteiger partial charge on any atom is 0.344 e. The third-order valence-corrected chi connectivity index (χ3v) is 4.40. The van der Waals surface area contributed by atoms with Crippen molar-refractivity contribution in [2.24, 2.45) is 0 Å². The van der Waals surface area contributed by atoms with E-state index in [1.165, 1.54) is 21.3 Å². The molecule has 0 saturated carbocycles. The summed E-state index contributed by atoms with van der Waals surface area (Å²) in [6, 6.07) is 8.19. The average molecular weight is 442 g/mol. The molecule has 32 heavy (non-hydrogen) atoms. The van der Waals surface area contributed by atoms with E-state index in [1.54, 1.807) is 57.2 Å². The minimum absolute atomic E-state index is 0.138. The van der Waals surface area contributed by atoms with E-state index in [9.17, 15) is 9.59 Å². The molecule has 0 aliphatic carbocycles. The number of hydrogen-bond donors (Lipinski definition) is 0. The van der Waals surface area contributed by atoms with Crippen molar-refractivity contribution in [2.75, 3.05) is 27.9 Å². The Bertz CT molecular complexity index is 1040. The molecule has 0 atom stereocenters. The molecule has 0 spiro atoms. The van der Waals surface area contributed by atoms with Crippen LogP contribution in [0.5, 0.6) is 28.7 Å². The summed E-state index contributed by atoms with van der Waals surface area (Å²) in [5.74, 6) is 1.47. The Morgan fingerprint density at radius 3 is 2.22 bits per heavy atom. The minimum atomic E-state index is -0.597. The number of rotatable bonds is 7. The SMILES string of the molecule is COc1cc(/C=C2\Oc3cc(OCC(=O)OC(C)(C)C)ccc3C2=O)cc(OC)c1OC. The number of esters is 1. The van der Waals surface area contributed by atoms with Crippen molar-refractivity contribution in [2.45, 2.75) is 26.4 Å². The van der Waals surface area contributed by atoms with Gasteiger partial charge >= 0.3 is 5.97 Å². The zero-order valence-electron chi connectivity index (χ0n) is 18.9. The van der Waals surface area contributed by atoms with Gasteiger partial charge in [-0.2, -0.15) is 0 Å². The van der Waals surface area contributed by atoms with Crippen LogP contribution in [0.2, 0.25) is 0 Å². The number of carbonyl (C=O) groups excluding carboxylic acids is 2. The lowest BCUT2D eigenvalue weighted by molar-refractivity contribution is -0.157. The maximum atomic E-state index is 12.8. The van der Waals surface area contributed by atoms with E-state index in [0.29, 0.717) is 39.9 Å². The molecule has 0 N–H and O–H groups in total. The van der Waals surface area contributed by atoms with Crippen molar-refractivity contribution in [1.82, 2.24) is 0 Å². The lowest BCUT2D eigenvalue weighted by Gasteiger charge is -2.19. The summed E-state index contributed by atoms with van der Waals surface area (Å²) in [4.78, 5) is 24.6. The Kier molecular flexibility index (Phi) is 6.62. The highest BCUT2D eigenvalue weighted by Crippen LogP contribution is 2.40. The summed E-state index contributed by atoms with van der Waals surface area (Å²) in [6.07, 6.45) is 1.59. The highest BCUT2D eigenvalue weighted by Gasteiger charge is 2.28. The Morgan fingerprint density at radius 2 is 1.66 bits per heavy atom. The van der Waals surface area contributed by atoms with E-state index >= 15 is 0 Å². The van der Waals surface area contributed by atoms with Crippen LogP contribution in [0.15, 0.2) is 36.1 Å². The van der Waals surface area contributed by atoms with Gasteiger partial charge in [0.2, 0.25) is 11.5 Å². The van der Waals surface area contributed by atoms with Crippen LogP contribution in [0, 0.1) is 0 Å². The Morgan fingerprint density at radius 1 is 1.00 bits per heavy atom. The number of benzene rings is 2. The number of Topliss-reactive ketones (excluding diaryl/α,β-unsaturated/α-hetero) is 1. The molecule has 8 heteroatoms. The number of ketones is 1. The van der Waals surface area contributed by atoms with E-state index in [1.807, 2.05) is 0 Å². The monoisotopic (exact) mass is 442 g/mol. The zero-order chi connectivity index (χ0) is 23.5. The van der Waals surface area contributed by atoms with Gasteiger partial charge in [0.05, 0.1) is 26.9 Å². The second kappa shape index (κ2) is 9.21. The number of methoxy groups -OCH3 is 3. The molecule has 8 nitrogen and oxygen atoms in total. The van der Waals surface area contributed by atoms with Crippen molar-refractivity contribution >= 4 is 17.8 Å². The molecule has 0 radical (unpaired) electrons. The topological polar surface area (TPSA) is 89.5 Å².